The zero-order valence-electron chi connectivity index (χ0n) is 15.0. The number of hydrogen-bond acceptors (Lipinski definition) is 3. The van der Waals surface area contributed by atoms with Crippen LogP contribution in [-0.4, -0.2) is 31.9 Å². The summed E-state index contributed by atoms with van der Waals surface area (Å²) in [6.07, 6.45) is 4.25. The third kappa shape index (κ3) is 4.06. The molecule has 1 aromatic heterocycles. The summed E-state index contributed by atoms with van der Waals surface area (Å²) in [5, 5.41) is 4.07. The first kappa shape index (κ1) is 19.0. The quantitative estimate of drug-likeness (QED) is 0.551. The first-order valence-corrected chi connectivity index (χ1v) is 11.0. The van der Waals surface area contributed by atoms with Gasteiger partial charge in [-0.05, 0) is 49.1 Å². The molecule has 0 radical (unpaired) electrons. The van der Waals surface area contributed by atoms with Gasteiger partial charge in [-0.3, -0.25) is 4.79 Å². The number of rotatable bonds is 7. The lowest BCUT2D eigenvalue weighted by molar-refractivity contribution is 0.0954. The molecule has 1 fully saturated rings. The van der Waals surface area contributed by atoms with E-state index < -0.39 is 10.0 Å². The van der Waals surface area contributed by atoms with Crippen LogP contribution in [0.5, 0.6) is 0 Å². The summed E-state index contributed by atoms with van der Waals surface area (Å²) in [6, 6.07) is 12.2. The highest BCUT2D eigenvalue weighted by Crippen LogP contribution is 2.27. The molecule has 28 heavy (non-hydrogen) atoms. The second kappa shape index (κ2) is 7.58. The lowest BCUT2D eigenvalue weighted by Gasteiger charge is -2.10. The monoisotopic (exact) mass is 417 g/mol. The normalized spacial score (nSPS) is 14.3. The smallest absolute Gasteiger partial charge is 0.251 e. The summed E-state index contributed by atoms with van der Waals surface area (Å²) in [4.78, 5) is 15.6. The molecule has 0 atom stereocenters. The van der Waals surface area contributed by atoms with Crippen molar-refractivity contribution in [2.24, 2.45) is 0 Å². The van der Waals surface area contributed by atoms with Gasteiger partial charge in [-0.2, -0.15) is 0 Å². The maximum absolute atomic E-state index is 12.5. The summed E-state index contributed by atoms with van der Waals surface area (Å²) in [6.45, 7) is 0.436. The predicted molar refractivity (Wildman–Crippen MR) is 109 cm³/mol. The van der Waals surface area contributed by atoms with E-state index in [1.54, 1.807) is 0 Å². The Morgan fingerprint density at radius 2 is 1.96 bits per heavy atom. The van der Waals surface area contributed by atoms with Gasteiger partial charge in [0.25, 0.3) is 5.91 Å². The summed E-state index contributed by atoms with van der Waals surface area (Å²) in [5.41, 5.74) is 2.43. The minimum absolute atomic E-state index is 0.0327. The summed E-state index contributed by atoms with van der Waals surface area (Å²) in [5.74, 6) is -0.334. The number of aromatic amines is 1. The van der Waals surface area contributed by atoms with Gasteiger partial charge in [0.1, 0.15) is 4.90 Å². The maximum Gasteiger partial charge on any atom is 0.251 e. The Bertz CT molecular complexity index is 1140. The molecule has 0 saturated heterocycles. The molecule has 1 heterocycles. The van der Waals surface area contributed by atoms with Crippen LogP contribution >= 0.6 is 11.6 Å². The Labute approximate surface area is 168 Å². The minimum Gasteiger partial charge on any atom is -0.361 e. The standard InChI is InChI=1S/C20H20ClN3O3S/c21-17-8-5-13(11-19(17)28(26,27)24-15-6-7-15)20(25)22-10-9-14-12-23-18-4-2-1-3-16(14)18/h1-5,8,11-12,15,23-24H,6-7,9-10H2,(H,22,25). The number of hydrogen-bond donors (Lipinski definition) is 3. The van der Waals surface area contributed by atoms with Crippen molar-refractivity contribution < 1.29 is 13.2 Å². The number of amides is 1. The molecule has 8 heteroatoms. The Balaban J connectivity index is 1.44. The van der Waals surface area contributed by atoms with Crippen molar-refractivity contribution in [3.63, 3.8) is 0 Å². The molecule has 0 spiro atoms. The number of benzene rings is 2. The molecular formula is C20H20ClN3O3S. The maximum atomic E-state index is 12.5. The highest BCUT2D eigenvalue weighted by molar-refractivity contribution is 7.89. The number of nitrogens with one attached hydrogen (secondary N) is 3. The molecule has 4 rings (SSSR count). The van der Waals surface area contributed by atoms with Crippen LogP contribution in [0, 0.1) is 0 Å². The zero-order valence-corrected chi connectivity index (χ0v) is 16.6. The van der Waals surface area contributed by atoms with E-state index in [0.29, 0.717) is 13.0 Å². The van der Waals surface area contributed by atoms with Gasteiger partial charge in [0, 0.05) is 35.2 Å². The van der Waals surface area contributed by atoms with Crippen LogP contribution in [0.1, 0.15) is 28.8 Å². The van der Waals surface area contributed by atoms with Crippen LogP contribution in [-0.2, 0) is 16.4 Å². The van der Waals surface area contributed by atoms with Gasteiger partial charge in [0.15, 0.2) is 0 Å². The first-order chi connectivity index (χ1) is 13.4. The fraction of sp³-hybridized carbons (Fsp3) is 0.250. The molecule has 1 amide bonds. The molecule has 3 aromatic rings. The van der Waals surface area contributed by atoms with Crippen LogP contribution < -0.4 is 10.0 Å². The summed E-state index contributed by atoms with van der Waals surface area (Å²) in [7, 11) is -3.73. The van der Waals surface area contributed by atoms with E-state index in [9.17, 15) is 13.2 Å². The van der Waals surface area contributed by atoms with E-state index in [4.69, 9.17) is 11.6 Å². The van der Waals surface area contributed by atoms with E-state index in [-0.39, 0.29) is 27.4 Å². The number of carbonyl (C=O) groups excluding carboxylic acids is 1. The number of carbonyl (C=O) groups is 1. The van der Waals surface area contributed by atoms with Gasteiger partial charge < -0.3 is 10.3 Å². The zero-order chi connectivity index (χ0) is 19.7. The highest BCUT2D eigenvalue weighted by atomic mass is 35.5. The van der Waals surface area contributed by atoms with Crippen molar-refractivity contribution in [2.45, 2.75) is 30.2 Å². The third-order valence-corrected chi connectivity index (χ3v) is 6.74. The van der Waals surface area contributed by atoms with Gasteiger partial charge in [-0.15, -0.1) is 0 Å². The molecule has 1 aliphatic rings. The van der Waals surface area contributed by atoms with E-state index >= 15 is 0 Å². The number of H-pyrrole nitrogens is 1. The molecule has 2 aromatic carbocycles. The Morgan fingerprint density at radius 3 is 2.75 bits per heavy atom. The topological polar surface area (TPSA) is 91.1 Å². The lowest BCUT2D eigenvalue weighted by atomic mass is 10.1. The van der Waals surface area contributed by atoms with Gasteiger partial charge in [-0.25, -0.2) is 13.1 Å². The average molecular weight is 418 g/mol. The minimum atomic E-state index is -3.73. The SMILES string of the molecule is O=C(NCCc1c[nH]c2ccccc12)c1ccc(Cl)c(S(=O)(=O)NC2CC2)c1. The molecule has 1 saturated carbocycles. The molecule has 3 N–H and O–H groups in total. The third-order valence-electron chi connectivity index (χ3n) is 4.74. The van der Waals surface area contributed by atoms with Crippen molar-refractivity contribution in [1.82, 2.24) is 15.0 Å². The van der Waals surface area contributed by atoms with Gasteiger partial charge in [-0.1, -0.05) is 29.8 Å². The van der Waals surface area contributed by atoms with Crippen LogP contribution in [0.4, 0.5) is 0 Å². The van der Waals surface area contributed by atoms with Crippen molar-refractivity contribution >= 4 is 38.4 Å². The Kier molecular flexibility index (Phi) is 5.14. The second-order valence-electron chi connectivity index (χ2n) is 6.91. The number of para-hydroxylation sites is 1. The van der Waals surface area contributed by atoms with Gasteiger partial charge >= 0.3 is 0 Å². The largest absolute Gasteiger partial charge is 0.361 e. The van der Waals surface area contributed by atoms with Gasteiger partial charge in [0.2, 0.25) is 10.0 Å². The van der Waals surface area contributed by atoms with E-state index in [1.807, 2.05) is 30.5 Å². The number of aromatic nitrogens is 1. The summed E-state index contributed by atoms with van der Waals surface area (Å²) < 4.78 is 27.5. The van der Waals surface area contributed by atoms with Crippen LogP contribution in [0.25, 0.3) is 10.9 Å². The highest BCUT2D eigenvalue weighted by Gasteiger charge is 2.29. The van der Waals surface area contributed by atoms with Crippen LogP contribution in [0.3, 0.4) is 0 Å². The summed E-state index contributed by atoms with van der Waals surface area (Å²) >= 11 is 6.06. The fourth-order valence-corrected chi connectivity index (χ4v) is 4.92. The molecule has 6 nitrogen and oxygen atoms in total. The fourth-order valence-electron chi connectivity index (χ4n) is 3.09. The number of fused-ring (bicyclic) bond motifs is 1. The first-order valence-electron chi connectivity index (χ1n) is 9.09. The van der Waals surface area contributed by atoms with Crippen molar-refractivity contribution in [3.05, 3.63) is 64.8 Å². The molecule has 0 bridgehead atoms. The van der Waals surface area contributed by atoms with Crippen LogP contribution in [0.15, 0.2) is 53.6 Å². The van der Waals surface area contributed by atoms with Crippen LogP contribution in [0.2, 0.25) is 5.02 Å². The van der Waals surface area contributed by atoms with E-state index in [2.05, 4.69) is 15.0 Å². The Morgan fingerprint density at radius 1 is 1.18 bits per heavy atom. The van der Waals surface area contributed by atoms with Crippen molar-refractivity contribution in [2.75, 3.05) is 6.54 Å². The predicted octanol–water partition coefficient (Wildman–Crippen LogP) is 3.23. The Hall–Kier alpha value is -2.35. The second-order valence-corrected chi connectivity index (χ2v) is 9.00. The average Bonchev–Trinajstić information content (AvgIpc) is 3.38. The molecule has 0 unspecified atom stereocenters. The van der Waals surface area contributed by atoms with Gasteiger partial charge in [0.05, 0.1) is 5.02 Å². The van der Waals surface area contributed by atoms with Crippen molar-refractivity contribution in [1.29, 1.82) is 0 Å². The molecule has 0 aliphatic heterocycles. The molecule has 146 valence electrons. The van der Waals surface area contributed by atoms with E-state index in [0.717, 1.165) is 29.3 Å². The van der Waals surface area contributed by atoms with Crippen molar-refractivity contribution in [3.8, 4) is 0 Å². The van der Waals surface area contributed by atoms with E-state index in [1.165, 1.54) is 18.2 Å². The molecular weight excluding hydrogens is 398 g/mol. The number of sulfonamides is 1. The number of halogens is 1. The lowest BCUT2D eigenvalue weighted by Crippen LogP contribution is -2.28. The molecule has 1 aliphatic carbocycles.